The zero-order valence-corrected chi connectivity index (χ0v) is 9.98. The van der Waals surface area contributed by atoms with E-state index in [9.17, 15) is 18.0 Å². The van der Waals surface area contributed by atoms with E-state index < -0.39 is 11.7 Å². The second-order valence-electron chi connectivity index (χ2n) is 4.23. The average Bonchev–Trinajstić information content (AvgIpc) is 2.83. The van der Waals surface area contributed by atoms with E-state index in [4.69, 9.17) is 0 Å². The first-order chi connectivity index (χ1) is 9.45. The van der Waals surface area contributed by atoms with E-state index in [0.717, 1.165) is 12.1 Å². The largest absolute Gasteiger partial charge is 0.416 e. The first kappa shape index (κ1) is 12.5. The second kappa shape index (κ2) is 4.22. The summed E-state index contributed by atoms with van der Waals surface area (Å²) in [6.07, 6.45) is -1.47. The van der Waals surface area contributed by atoms with Crippen LogP contribution in [-0.4, -0.2) is 14.6 Å². The third-order valence-electron chi connectivity index (χ3n) is 2.88. The summed E-state index contributed by atoms with van der Waals surface area (Å²) in [4.78, 5) is 14.0. The molecule has 0 bridgehead atoms. The SMILES string of the molecule is O=c1[nH]ccn2nc(-c3cccc(C(F)(F)F)c3)cc12. The van der Waals surface area contributed by atoms with Crippen molar-refractivity contribution in [2.45, 2.75) is 6.18 Å². The number of H-pyrrole nitrogens is 1. The first-order valence-electron chi connectivity index (χ1n) is 5.70. The topological polar surface area (TPSA) is 50.2 Å². The van der Waals surface area contributed by atoms with Gasteiger partial charge in [0.05, 0.1) is 11.3 Å². The van der Waals surface area contributed by atoms with Crippen LogP contribution in [0.1, 0.15) is 5.56 Å². The van der Waals surface area contributed by atoms with Crippen molar-refractivity contribution in [3.63, 3.8) is 0 Å². The van der Waals surface area contributed by atoms with Crippen molar-refractivity contribution in [3.8, 4) is 11.3 Å². The third kappa shape index (κ3) is 2.07. The Morgan fingerprint density at radius 1 is 1.20 bits per heavy atom. The maximum Gasteiger partial charge on any atom is 0.416 e. The Kier molecular flexibility index (Phi) is 2.63. The number of hydrogen-bond acceptors (Lipinski definition) is 2. The van der Waals surface area contributed by atoms with E-state index >= 15 is 0 Å². The van der Waals surface area contributed by atoms with Crippen molar-refractivity contribution in [1.82, 2.24) is 14.6 Å². The number of benzene rings is 1. The number of hydrogen-bond donors (Lipinski definition) is 1. The Balaban J connectivity index is 2.16. The van der Waals surface area contributed by atoms with E-state index in [-0.39, 0.29) is 11.1 Å². The molecular formula is C13H8F3N3O. The van der Waals surface area contributed by atoms with Crippen LogP contribution in [0.3, 0.4) is 0 Å². The molecule has 0 atom stereocenters. The minimum Gasteiger partial charge on any atom is -0.326 e. The maximum atomic E-state index is 12.7. The van der Waals surface area contributed by atoms with Gasteiger partial charge in [0.15, 0.2) is 0 Å². The Bertz CT molecular complexity index is 832. The molecule has 102 valence electrons. The summed E-state index contributed by atoms with van der Waals surface area (Å²) in [6, 6.07) is 6.29. The van der Waals surface area contributed by atoms with E-state index in [2.05, 4.69) is 10.1 Å². The van der Waals surface area contributed by atoms with Gasteiger partial charge in [0.1, 0.15) is 5.52 Å². The highest BCUT2D eigenvalue weighted by Gasteiger charge is 2.30. The van der Waals surface area contributed by atoms with Gasteiger partial charge in [0.2, 0.25) is 0 Å². The second-order valence-corrected chi connectivity index (χ2v) is 4.23. The number of nitrogens with zero attached hydrogens (tertiary/aromatic N) is 2. The highest BCUT2D eigenvalue weighted by Crippen LogP contribution is 2.31. The van der Waals surface area contributed by atoms with E-state index in [1.54, 1.807) is 0 Å². The van der Waals surface area contributed by atoms with E-state index in [0.29, 0.717) is 11.3 Å². The van der Waals surface area contributed by atoms with Gasteiger partial charge in [-0.3, -0.25) is 4.79 Å². The zero-order chi connectivity index (χ0) is 14.3. The van der Waals surface area contributed by atoms with Crippen molar-refractivity contribution in [2.24, 2.45) is 0 Å². The van der Waals surface area contributed by atoms with Crippen LogP contribution in [0.25, 0.3) is 16.8 Å². The molecule has 4 nitrogen and oxygen atoms in total. The fourth-order valence-electron chi connectivity index (χ4n) is 1.93. The van der Waals surface area contributed by atoms with Crippen molar-refractivity contribution < 1.29 is 13.2 Å². The van der Waals surface area contributed by atoms with Gasteiger partial charge < -0.3 is 4.98 Å². The third-order valence-corrected chi connectivity index (χ3v) is 2.88. The van der Waals surface area contributed by atoms with Crippen molar-refractivity contribution >= 4 is 5.52 Å². The molecule has 1 N–H and O–H groups in total. The lowest BCUT2D eigenvalue weighted by Crippen LogP contribution is -2.07. The number of rotatable bonds is 1. The van der Waals surface area contributed by atoms with Crippen LogP contribution in [0.5, 0.6) is 0 Å². The van der Waals surface area contributed by atoms with Crippen LogP contribution in [-0.2, 0) is 6.18 Å². The summed E-state index contributed by atoms with van der Waals surface area (Å²) in [5.74, 6) is 0. The van der Waals surface area contributed by atoms with Crippen molar-refractivity contribution in [2.75, 3.05) is 0 Å². The van der Waals surface area contributed by atoms with Gasteiger partial charge in [0, 0.05) is 18.0 Å². The van der Waals surface area contributed by atoms with Gasteiger partial charge in [-0.2, -0.15) is 18.3 Å². The van der Waals surface area contributed by atoms with Crippen LogP contribution >= 0.6 is 0 Å². The van der Waals surface area contributed by atoms with Gasteiger partial charge in [-0.05, 0) is 18.2 Å². The smallest absolute Gasteiger partial charge is 0.326 e. The lowest BCUT2D eigenvalue weighted by Gasteiger charge is -2.07. The molecule has 1 aromatic carbocycles. The van der Waals surface area contributed by atoms with Gasteiger partial charge in [-0.15, -0.1) is 0 Å². The molecule has 0 fully saturated rings. The fraction of sp³-hybridized carbons (Fsp3) is 0.0769. The predicted octanol–water partition coefficient (Wildman–Crippen LogP) is 2.71. The minimum absolute atomic E-state index is 0.278. The summed E-state index contributed by atoms with van der Waals surface area (Å²) in [7, 11) is 0. The van der Waals surface area contributed by atoms with Gasteiger partial charge in [0.25, 0.3) is 5.56 Å². The Hall–Kier alpha value is -2.57. The lowest BCUT2D eigenvalue weighted by molar-refractivity contribution is -0.137. The quantitative estimate of drug-likeness (QED) is 0.744. The minimum atomic E-state index is -4.41. The number of halogens is 3. The molecule has 0 spiro atoms. The Morgan fingerprint density at radius 3 is 2.70 bits per heavy atom. The number of nitrogens with one attached hydrogen (secondary N) is 1. The highest BCUT2D eigenvalue weighted by molar-refractivity contribution is 5.66. The summed E-state index contributed by atoms with van der Waals surface area (Å²) >= 11 is 0. The van der Waals surface area contributed by atoms with Crippen LogP contribution in [0.4, 0.5) is 13.2 Å². The molecule has 0 aliphatic rings. The molecule has 7 heteroatoms. The fourth-order valence-corrected chi connectivity index (χ4v) is 1.93. The van der Waals surface area contributed by atoms with Crippen LogP contribution in [0.2, 0.25) is 0 Å². The molecule has 0 unspecified atom stereocenters. The van der Waals surface area contributed by atoms with Gasteiger partial charge in [-0.25, -0.2) is 4.52 Å². The molecule has 0 saturated heterocycles. The van der Waals surface area contributed by atoms with Crippen LogP contribution < -0.4 is 5.56 Å². The summed E-state index contributed by atoms with van der Waals surface area (Å²) in [5.41, 5.74) is -0.199. The maximum absolute atomic E-state index is 12.7. The molecular weight excluding hydrogens is 271 g/mol. The number of aromatic nitrogens is 3. The number of alkyl halides is 3. The van der Waals surface area contributed by atoms with Crippen molar-refractivity contribution in [1.29, 1.82) is 0 Å². The standard InChI is InChI=1S/C13H8F3N3O/c14-13(15,16)9-3-1-2-8(6-9)10-7-11-12(20)17-4-5-19(11)18-10/h1-7H,(H,17,20). The normalized spacial score (nSPS) is 11.9. The number of fused-ring (bicyclic) bond motifs is 1. The molecule has 2 heterocycles. The average molecular weight is 279 g/mol. The summed E-state index contributed by atoms with van der Waals surface area (Å²) < 4.78 is 39.3. The molecule has 3 rings (SSSR count). The first-order valence-corrected chi connectivity index (χ1v) is 5.70. The Labute approximate surface area is 110 Å². The zero-order valence-electron chi connectivity index (χ0n) is 9.98. The molecule has 0 amide bonds. The number of aromatic amines is 1. The predicted molar refractivity (Wildman–Crippen MR) is 66.3 cm³/mol. The Morgan fingerprint density at radius 2 is 2.00 bits per heavy atom. The van der Waals surface area contributed by atoms with Crippen LogP contribution in [0, 0.1) is 0 Å². The summed E-state index contributed by atoms with van der Waals surface area (Å²) in [5, 5.41) is 4.10. The molecule has 3 aromatic rings. The molecule has 0 saturated carbocycles. The van der Waals surface area contributed by atoms with E-state index in [1.807, 2.05) is 0 Å². The van der Waals surface area contributed by atoms with Crippen LogP contribution in [0.15, 0.2) is 47.5 Å². The lowest BCUT2D eigenvalue weighted by atomic mass is 10.1. The molecule has 0 aliphatic carbocycles. The van der Waals surface area contributed by atoms with Gasteiger partial charge >= 0.3 is 6.18 Å². The summed E-state index contributed by atoms with van der Waals surface area (Å²) in [6.45, 7) is 0. The van der Waals surface area contributed by atoms with E-state index in [1.165, 1.54) is 35.1 Å². The highest BCUT2D eigenvalue weighted by atomic mass is 19.4. The molecule has 0 radical (unpaired) electrons. The van der Waals surface area contributed by atoms with Gasteiger partial charge in [-0.1, -0.05) is 12.1 Å². The molecule has 20 heavy (non-hydrogen) atoms. The van der Waals surface area contributed by atoms with Crippen molar-refractivity contribution in [3.05, 3.63) is 58.6 Å². The molecule has 2 aromatic heterocycles. The monoisotopic (exact) mass is 279 g/mol. The molecule has 0 aliphatic heterocycles.